The Morgan fingerprint density at radius 2 is 1.75 bits per heavy atom. The lowest BCUT2D eigenvalue weighted by atomic mass is 10.1. The number of halogens is 1. The van der Waals surface area contributed by atoms with Crippen molar-refractivity contribution in [3.05, 3.63) is 58.1 Å². The number of fused-ring (bicyclic) bond motifs is 2. The summed E-state index contributed by atoms with van der Waals surface area (Å²) in [5.41, 5.74) is 0.751. The first kappa shape index (κ1) is 23.7. The number of carbonyl (C=O) groups is 2. The number of hydrogen-bond acceptors (Lipinski definition) is 6. The third kappa shape index (κ3) is 4.34. The Balaban J connectivity index is 1.46. The maximum atomic E-state index is 15.2. The SMILES string of the molecule is CCn1cc(C(=O)Nc2ccc3c(c2)OCCO3)c(=O)c2cc(F)c(N3CCN(C(C)=O)CC3)cc21. The third-order valence-electron chi connectivity index (χ3n) is 6.60. The fourth-order valence-electron chi connectivity index (χ4n) is 4.65. The number of aromatic nitrogens is 1. The monoisotopic (exact) mass is 494 g/mol. The Kier molecular flexibility index (Phi) is 6.26. The van der Waals surface area contributed by atoms with Gasteiger partial charge in [-0.3, -0.25) is 14.4 Å². The average molecular weight is 495 g/mol. The molecule has 2 aliphatic rings. The predicted octanol–water partition coefficient (Wildman–Crippen LogP) is 2.85. The Labute approximate surface area is 207 Å². The van der Waals surface area contributed by atoms with Gasteiger partial charge in [0, 0.05) is 63.0 Å². The molecule has 1 fully saturated rings. The van der Waals surface area contributed by atoms with E-state index < -0.39 is 17.2 Å². The quantitative estimate of drug-likeness (QED) is 0.600. The van der Waals surface area contributed by atoms with Crippen molar-refractivity contribution in [3.8, 4) is 11.5 Å². The number of hydrogen-bond donors (Lipinski definition) is 1. The highest BCUT2D eigenvalue weighted by atomic mass is 19.1. The lowest BCUT2D eigenvalue weighted by Gasteiger charge is -2.36. The highest BCUT2D eigenvalue weighted by Crippen LogP contribution is 2.33. The van der Waals surface area contributed by atoms with Gasteiger partial charge in [0.05, 0.1) is 11.2 Å². The molecule has 2 aliphatic heterocycles. The molecule has 10 heteroatoms. The fraction of sp³-hybridized carbons (Fsp3) is 0.346. The van der Waals surface area contributed by atoms with Crippen LogP contribution in [0.3, 0.4) is 0 Å². The van der Waals surface area contributed by atoms with Crippen LogP contribution in [-0.4, -0.2) is 60.7 Å². The topological polar surface area (TPSA) is 93.1 Å². The molecule has 5 rings (SSSR count). The molecular weight excluding hydrogens is 467 g/mol. The van der Waals surface area contributed by atoms with Crippen LogP contribution in [0.2, 0.25) is 0 Å². The standard InChI is InChI=1S/C26H27FN4O5/c1-3-29-15-19(26(34)28-17-4-5-23-24(12-17)36-11-10-35-23)25(33)18-13-20(27)22(14-21(18)29)31-8-6-30(7-9-31)16(2)32/h4-5,12-15H,3,6-11H2,1-2H3,(H,28,34). The lowest BCUT2D eigenvalue weighted by molar-refractivity contribution is -0.129. The Morgan fingerprint density at radius 1 is 1.03 bits per heavy atom. The van der Waals surface area contributed by atoms with Crippen LogP contribution in [0.15, 0.2) is 41.3 Å². The molecule has 0 bridgehead atoms. The molecule has 1 N–H and O–H groups in total. The van der Waals surface area contributed by atoms with E-state index >= 15 is 4.39 Å². The molecule has 36 heavy (non-hydrogen) atoms. The second-order valence-electron chi connectivity index (χ2n) is 8.78. The maximum absolute atomic E-state index is 15.2. The number of carbonyl (C=O) groups excluding carboxylic acids is 2. The van der Waals surface area contributed by atoms with Gasteiger partial charge in [-0.05, 0) is 31.2 Å². The number of ether oxygens (including phenoxy) is 2. The summed E-state index contributed by atoms with van der Waals surface area (Å²) in [6, 6.07) is 7.87. The Bertz CT molecular complexity index is 1410. The average Bonchev–Trinajstić information content (AvgIpc) is 2.89. The van der Waals surface area contributed by atoms with Crippen LogP contribution >= 0.6 is 0 Å². The normalized spacial score (nSPS) is 15.2. The van der Waals surface area contributed by atoms with E-state index in [1.807, 2.05) is 11.8 Å². The van der Waals surface area contributed by atoms with Crippen LogP contribution < -0.4 is 25.1 Å². The van der Waals surface area contributed by atoms with Gasteiger partial charge >= 0.3 is 0 Å². The first-order valence-electron chi connectivity index (χ1n) is 11.9. The molecule has 0 radical (unpaired) electrons. The van der Waals surface area contributed by atoms with Crippen LogP contribution in [0.1, 0.15) is 24.2 Å². The summed E-state index contributed by atoms with van der Waals surface area (Å²) >= 11 is 0. The zero-order valence-electron chi connectivity index (χ0n) is 20.2. The largest absolute Gasteiger partial charge is 0.486 e. The molecule has 3 heterocycles. The highest BCUT2D eigenvalue weighted by Gasteiger charge is 2.24. The van der Waals surface area contributed by atoms with Gasteiger partial charge in [-0.1, -0.05) is 0 Å². The molecule has 2 amide bonds. The van der Waals surface area contributed by atoms with Gasteiger partial charge in [-0.15, -0.1) is 0 Å². The molecule has 3 aromatic rings. The van der Waals surface area contributed by atoms with E-state index in [2.05, 4.69) is 5.32 Å². The first-order valence-corrected chi connectivity index (χ1v) is 11.9. The van der Waals surface area contributed by atoms with Crippen LogP contribution in [0, 0.1) is 5.82 Å². The summed E-state index contributed by atoms with van der Waals surface area (Å²) in [6.45, 7) is 6.76. The van der Waals surface area contributed by atoms with E-state index in [0.717, 1.165) is 0 Å². The van der Waals surface area contributed by atoms with Crippen molar-refractivity contribution in [2.75, 3.05) is 49.6 Å². The number of amides is 2. The Morgan fingerprint density at radius 3 is 2.44 bits per heavy atom. The van der Waals surface area contributed by atoms with Crippen LogP contribution in [0.4, 0.5) is 15.8 Å². The number of anilines is 2. The number of nitrogens with zero attached hydrogens (tertiary/aromatic N) is 3. The van der Waals surface area contributed by atoms with Crippen LogP contribution in [-0.2, 0) is 11.3 Å². The van der Waals surface area contributed by atoms with Gasteiger partial charge < -0.3 is 29.2 Å². The molecular formula is C26H27FN4O5. The number of aryl methyl sites for hydroxylation is 1. The molecule has 0 atom stereocenters. The van der Waals surface area contributed by atoms with Crippen molar-refractivity contribution in [1.82, 2.24) is 9.47 Å². The van der Waals surface area contributed by atoms with Crippen molar-refractivity contribution >= 4 is 34.1 Å². The van der Waals surface area contributed by atoms with E-state index in [4.69, 9.17) is 9.47 Å². The summed E-state index contributed by atoms with van der Waals surface area (Å²) in [5, 5.41) is 2.87. The number of rotatable bonds is 4. The molecule has 1 aromatic heterocycles. The van der Waals surface area contributed by atoms with Crippen molar-refractivity contribution in [2.24, 2.45) is 0 Å². The molecule has 0 spiro atoms. The third-order valence-corrected chi connectivity index (χ3v) is 6.60. The van der Waals surface area contributed by atoms with E-state index in [-0.39, 0.29) is 16.9 Å². The van der Waals surface area contributed by atoms with E-state index in [9.17, 15) is 14.4 Å². The lowest BCUT2D eigenvalue weighted by Crippen LogP contribution is -2.48. The number of benzene rings is 2. The maximum Gasteiger partial charge on any atom is 0.261 e. The van der Waals surface area contributed by atoms with Crippen molar-refractivity contribution in [2.45, 2.75) is 20.4 Å². The summed E-state index contributed by atoms with van der Waals surface area (Å²) < 4.78 is 28.0. The first-order chi connectivity index (χ1) is 17.4. The molecule has 9 nitrogen and oxygen atoms in total. The Hall–Kier alpha value is -4.08. The van der Waals surface area contributed by atoms with Gasteiger partial charge in [0.15, 0.2) is 11.5 Å². The molecule has 2 aromatic carbocycles. The summed E-state index contributed by atoms with van der Waals surface area (Å²) in [5.74, 6) is -0.0291. The van der Waals surface area contributed by atoms with E-state index in [0.29, 0.717) is 74.3 Å². The van der Waals surface area contributed by atoms with E-state index in [1.54, 1.807) is 33.7 Å². The molecule has 0 aliphatic carbocycles. The second-order valence-corrected chi connectivity index (χ2v) is 8.78. The van der Waals surface area contributed by atoms with Crippen LogP contribution in [0.5, 0.6) is 11.5 Å². The summed E-state index contributed by atoms with van der Waals surface area (Å²) in [6.07, 6.45) is 1.51. The predicted molar refractivity (Wildman–Crippen MR) is 134 cm³/mol. The second kappa shape index (κ2) is 9.52. The van der Waals surface area contributed by atoms with Gasteiger partial charge in [0.25, 0.3) is 5.91 Å². The van der Waals surface area contributed by atoms with Crippen molar-refractivity contribution in [3.63, 3.8) is 0 Å². The number of piperazine rings is 1. The minimum absolute atomic E-state index is 0.00416. The zero-order chi connectivity index (χ0) is 25.4. The van der Waals surface area contributed by atoms with Crippen LogP contribution in [0.25, 0.3) is 10.9 Å². The van der Waals surface area contributed by atoms with Gasteiger partial charge in [-0.25, -0.2) is 4.39 Å². The minimum atomic E-state index is -0.592. The highest BCUT2D eigenvalue weighted by molar-refractivity contribution is 6.06. The molecule has 0 unspecified atom stereocenters. The summed E-state index contributed by atoms with van der Waals surface area (Å²) in [4.78, 5) is 41.6. The number of nitrogens with one attached hydrogen (secondary N) is 1. The van der Waals surface area contributed by atoms with Gasteiger partial charge in [0.1, 0.15) is 24.6 Å². The van der Waals surface area contributed by atoms with Crippen molar-refractivity contribution in [1.29, 1.82) is 0 Å². The zero-order valence-corrected chi connectivity index (χ0v) is 20.2. The van der Waals surface area contributed by atoms with Gasteiger partial charge in [-0.2, -0.15) is 0 Å². The number of pyridine rings is 1. The van der Waals surface area contributed by atoms with Gasteiger partial charge in [0.2, 0.25) is 11.3 Å². The molecule has 1 saturated heterocycles. The molecule has 0 saturated carbocycles. The summed E-state index contributed by atoms with van der Waals surface area (Å²) in [7, 11) is 0. The smallest absolute Gasteiger partial charge is 0.261 e. The minimum Gasteiger partial charge on any atom is -0.486 e. The van der Waals surface area contributed by atoms with Crippen molar-refractivity contribution < 1.29 is 23.5 Å². The van der Waals surface area contributed by atoms with E-state index in [1.165, 1.54) is 19.2 Å². The fourth-order valence-corrected chi connectivity index (χ4v) is 4.65. The molecule has 188 valence electrons.